The number of anilines is 2. The number of para-hydroxylation sites is 2. The third-order valence-electron chi connectivity index (χ3n) is 5.49. The van der Waals surface area contributed by atoms with Crippen LogP contribution < -0.4 is 4.90 Å². The average molecular weight is 328 g/mol. The van der Waals surface area contributed by atoms with Crippen molar-refractivity contribution < 1.29 is 4.48 Å². The molecule has 23 heavy (non-hydrogen) atoms. The van der Waals surface area contributed by atoms with Crippen LogP contribution in [0.15, 0.2) is 58.3 Å². The smallest absolute Gasteiger partial charge is 0.104 e. The summed E-state index contributed by atoms with van der Waals surface area (Å²) in [6.07, 6.45) is 0. The molecule has 3 heteroatoms. The predicted octanol–water partition coefficient (Wildman–Crippen LogP) is 5.16. The summed E-state index contributed by atoms with van der Waals surface area (Å²) in [7, 11) is 2.38. The lowest BCUT2D eigenvalue weighted by Crippen LogP contribution is -2.54. The number of hydrogen-bond donors (Lipinski definition) is 0. The standard InChI is InChI=1S/C20H27N2S/c1-5-22(4,6-2)16(3)15-21-17-11-7-9-13-19(17)23-20-14-10-8-12-18(20)21/h7-14,16H,5-6,15H2,1-4H3/q+1. The van der Waals surface area contributed by atoms with E-state index < -0.39 is 0 Å². The van der Waals surface area contributed by atoms with E-state index in [1.165, 1.54) is 34.3 Å². The second-order valence-electron chi connectivity index (χ2n) is 6.61. The molecule has 0 saturated heterocycles. The van der Waals surface area contributed by atoms with Crippen LogP contribution in [0.2, 0.25) is 0 Å². The van der Waals surface area contributed by atoms with Crippen molar-refractivity contribution in [2.75, 3.05) is 31.6 Å². The first-order valence-corrected chi connectivity index (χ1v) is 9.38. The zero-order chi connectivity index (χ0) is 16.4. The summed E-state index contributed by atoms with van der Waals surface area (Å²) in [5, 5.41) is 0. The Bertz CT molecular complexity index is 633. The van der Waals surface area contributed by atoms with Gasteiger partial charge in [-0.25, -0.2) is 0 Å². The van der Waals surface area contributed by atoms with Gasteiger partial charge >= 0.3 is 0 Å². The first kappa shape index (κ1) is 16.4. The van der Waals surface area contributed by atoms with Gasteiger partial charge in [0.2, 0.25) is 0 Å². The Morgan fingerprint density at radius 1 is 0.913 bits per heavy atom. The van der Waals surface area contributed by atoms with Gasteiger partial charge in [-0.3, -0.25) is 0 Å². The van der Waals surface area contributed by atoms with Crippen LogP contribution in [0.4, 0.5) is 11.4 Å². The monoisotopic (exact) mass is 327 g/mol. The number of quaternary nitrogens is 1. The van der Waals surface area contributed by atoms with Crippen molar-refractivity contribution in [3.63, 3.8) is 0 Å². The molecule has 0 radical (unpaired) electrons. The molecular formula is C20H27N2S+. The Labute approximate surface area is 144 Å². The molecule has 1 aliphatic heterocycles. The van der Waals surface area contributed by atoms with E-state index in [9.17, 15) is 0 Å². The second-order valence-corrected chi connectivity index (χ2v) is 7.69. The summed E-state index contributed by atoms with van der Waals surface area (Å²) in [6.45, 7) is 10.4. The molecule has 0 aliphatic carbocycles. The van der Waals surface area contributed by atoms with Gasteiger partial charge in [0.15, 0.2) is 0 Å². The largest absolute Gasteiger partial charge is 0.334 e. The van der Waals surface area contributed by atoms with Gasteiger partial charge in [-0.2, -0.15) is 0 Å². The van der Waals surface area contributed by atoms with Gasteiger partial charge in [-0.15, -0.1) is 0 Å². The molecule has 2 nitrogen and oxygen atoms in total. The van der Waals surface area contributed by atoms with Gasteiger partial charge in [0.25, 0.3) is 0 Å². The molecule has 1 aliphatic rings. The number of likely N-dealkylation sites (N-methyl/N-ethyl adjacent to an activating group) is 1. The maximum Gasteiger partial charge on any atom is 0.104 e. The van der Waals surface area contributed by atoms with Crippen molar-refractivity contribution in [2.24, 2.45) is 0 Å². The molecule has 0 spiro atoms. The molecule has 1 unspecified atom stereocenters. The summed E-state index contributed by atoms with van der Waals surface area (Å²) in [5.41, 5.74) is 2.70. The molecule has 0 aromatic heterocycles. The lowest BCUT2D eigenvalue weighted by Gasteiger charge is -2.42. The third kappa shape index (κ3) is 3.00. The van der Waals surface area contributed by atoms with Crippen molar-refractivity contribution in [3.05, 3.63) is 48.5 Å². The van der Waals surface area contributed by atoms with Crippen LogP contribution in [0.3, 0.4) is 0 Å². The van der Waals surface area contributed by atoms with E-state index in [1.807, 2.05) is 11.8 Å². The summed E-state index contributed by atoms with van der Waals surface area (Å²) in [6, 6.07) is 18.1. The molecule has 122 valence electrons. The van der Waals surface area contributed by atoms with Crippen molar-refractivity contribution in [3.8, 4) is 0 Å². The summed E-state index contributed by atoms with van der Waals surface area (Å²) in [5.74, 6) is 0. The number of rotatable bonds is 5. The molecule has 0 amide bonds. The van der Waals surface area contributed by atoms with Gasteiger partial charge < -0.3 is 9.38 Å². The zero-order valence-electron chi connectivity index (χ0n) is 14.6. The molecule has 0 N–H and O–H groups in total. The highest BCUT2D eigenvalue weighted by Gasteiger charge is 2.31. The topological polar surface area (TPSA) is 3.24 Å². The van der Waals surface area contributed by atoms with Crippen molar-refractivity contribution in [1.29, 1.82) is 0 Å². The van der Waals surface area contributed by atoms with Crippen LogP contribution in [0, 0.1) is 0 Å². The van der Waals surface area contributed by atoms with Gasteiger partial charge in [-0.1, -0.05) is 36.0 Å². The average Bonchev–Trinajstić information content (AvgIpc) is 2.60. The lowest BCUT2D eigenvalue weighted by molar-refractivity contribution is -0.926. The first-order chi connectivity index (χ1) is 11.1. The Hall–Kier alpha value is -1.45. The molecule has 2 aromatic rings. The Balaban J connectivity index is 1.98. The number of benzene rings is 2. The number of nitrogens with zero attached hydrogens (tertiary/aromatic N) is 2. The van der Waals surface area contributed by atoms with E-state index in [1.54, 1.807) is 0 Å². The summed E-state index contributed by atoms with van der Waals surface area (Å²) >= 11 is 1.89. The second kappa shape index (κ2) is 6.58. The fourth-order valence-electron chi connectivity index (χ4n) is 3.29. The van der Waals surface area contributed by atoms with E-state index in [-0.39, 0.29) is 0 Å². The summed E-state index contributed by atoms with van der Waals surface area (Å²) in [4.78, 5) is 5.24. The van der Waals surface area contributed by atoms with Crippen LogP contribution >= 0.6 is 11.8 Å². The molecule has 0 fully saturated rings. The Morgan fingerprint density at radius 3 is 1.87 bits per heavy atom. The molecule has 1 heterocycles. The van der Waals surface area contributed by atoms with Crippen molar-refractivity contribution >= 4 is 23.1 Å². The fourth-order valence-corrected chi connectivity index (χ4v) is 4.38. The normalized spacial score (nSPS) is 15.0. The van der Waals surface area contributed by atoms with Gasteiger partial charge in [-0.05, 0) is 45.0 Å². The van der Waals surface area contributed by atoms with Crippen LogP contribution in [0.1, 0.15) is 20.8 Å². The minimum atomic E-state index is 0.578. The number of hydrogen-bond acceptors (Lipinski definition) is 2. The van der Waals surface area contributed by atoms with Crippen LogP contribution in [-0.2, 0) is 0 Å². The maximum absolute atomic E-state index is 2.52. The minimum absolute atomic E-state index is 0.578. The molecule has 1 atom stereocenters. The molecule has 2 aromatic carbocycles. The van der Waals surface area contributed by atoms with Gasteiger partial charge in [0, 0.05) is 9.79 Å². The number of fused-ring (bicyclic) bond motifs is 2. The van der Waals surface area contributed by atoms with E-state index in [4.69, 9.17) is 0 Å². The van der Waals surface area contributed by atoms with Crippen LogP contribution in [0.25, 0.3) is 0 Å². The highest BCUT2D eigenvalue weighted by atomic mass is 32.2. The maximum atomic E-state index is 2.52. The fraction of sp³-hybridized carbons (Fsp3) is 0.400. The first-order valence-electron chi connectivity index (χ1n) is 8.56. The third-order valence-corrected chi connectivity index (χ3v) is 6.62. The lowest BCUT2D eigenvalue weighted by atomic mass is 10.1. The zero-order valence-corrected chi connectivity index (χ0v) is 15.4. The van der Waals surface area contributed by atoms with Crippen molar-refractivity contribution in [1.82, 2.24) is 0 Å². The van der Waals surface area contributed by atoms with Gasteiger partial charge in [0.05, 0.1) is 38.1 Å². The molecule has 3 rings (SSSR count). The molecule has 0 saturated carbocycles. The van der Waals surface area contributed by atoms with Crippen molar-refractivity contribution in [2.45, 2.75) is 36.6 Å². The minimum Gasteiger partial charge on any atom is -0.334 e. The SMILES string of the molecule is CC[N+](C)(CC)C(C)CN1c2ccccc2Sc2ccccc21. The molecular weight excluding hydrogens is 300 g/mol. The quantitative estimate of drug-likeness (QED) is 0.698. The van der Waals surface area contributed by atoms with E-state index in [2.05, 4.69) is 81.2 Å². The van der Waals surface area contributed by atoms with Crippen LogP contribution in [0.5, 0.6) is 0 Å². The Kier molecular flexibility index (Phi) is 4.69. The highest BCUT2D eigenvalue weighted by Crippen LogP contribution is 2.47. The highest BCUT2D eigenvalue weighted by molar-refractivity contribution is 7.99. The van der Waals surface area contributed by atoms with Crippen LogP contribution in [-0.4, -0.2) is 37.2 Å². The molecule has 0 bridgehead atoms. The van der Waals surface area contributed by atoms with Gasteiger partial charge in [0.1, 0.15) is 6.04 Å². The Morgan fingerprint density at radius 2 is 1.39 bits per heavy atom. The van der Waals surface area contributed by atoms with E-state index in [0.29, 0.717) is 6.04 Å². The van der Waals surface area contributed by atoms with E-state index >= 15 is 0 Å². The van der Waals surface area contributed by atoms with E-state index in [0.717, 1.165) is 11.0 Å². The predicted molar refractivity (Wildman–Crippen MR) is 101 cm³/mol. The summed E-state index contributed by atoms with van der Waals surface area (Å²) < 4.78 is 1.11.